The number of rotatable bonds is 4. The summed E-state index contributed by atoms with van der Waals surface area (Å²) in [6.07, 6.45) is 2.45. The Morgan fingerprint density at radius 3 is 2.56 bits per heavy atom. The van der Waals surface area contributed by atoms with Crippen LogP contribution in [0.3, 0.4) is 0 Å². The highest BCUT2D eigenvalue weighted by Crippen LogP contribution is 2.34. The maximum atomic E-state index is 12.7. The number of carbonyl (C=O) groups excluding carboxylic acids is 1. The molecule has 1 saturated heterocycles. The van der Waals surface area contributed by atoms with Crippen LogP contribution in [-0.2, 0) is 21.9 Å². The number of aryl methyl sites for hydroxylation is 1. The summed E-state index contributed by atoms with van der Waals surface area (Å²) < 4.78 is 38.4. The third-order valence-corrected chi connectivity index (χ3v) is 7.14. The van der Waals surface area contributed by atoms with Crippen molar-refractivity contribution >= 4 is 37.5 Å². The van der Waals surface area contributed by atoms with Crippen molar-refractivity contribution in [2.75, 3.05) is 33.6 Å². The highest BCUT2D eigenvalue weighted by molar-refractivity contribution is 7.88. The number of fused-ring (bicyclic) bond motifs is 1. The minimum Gasteiger partial charge on any atom is -0.495 e. The lowest BCUT2D eigenvalue weighted by molar-refractivity contribution is -0.122. The average molecular weight is 414 g/mol. The Balaban J connectivity index is 2.00. The molecule has 1 unspecified atom stereocenters. The van der Waals surface area contributed by atoms with E-state index in [-0.39, 0.29) is 12.5 Å². The number of carbonyl (C=O) groups is 1. The summed E-state index contributed by atoms with van der Waals surface area (Å²) in [5.41, 5.74) is 0.801. The number of methoxy groups -OCH3 is 2. The molecule has 0 bridgehead atoms. The molecular weight excluding hydrogens is 390 g/mol. The smallest absolute Gasteiger partial charge is 0.252 e. The number of amides is 1. The van der Waals surface area contributed by atoms with Gasteiger partial charge in [0.1, 0.15) is 21.7 Å². The number of hydrogen-bond acceptors (Lipinski definition) is 6. The maximum Gasteiger partial charge on any atom is 0.252 e. The second kappa shape index (κ2) is 7.61. The number of nitrogens with zero attached hydrogens (tertiary/aromatic N) is 3. The van der Waals surface area contributed by atoms with Gasteiger partial charge < -0.3 is 14.0 Å². The summed E-state index contributed by atoms with van der Waals surface area (Å²) in [7, 11) is 1.68. The van der Waals surface area contributed by atoms with Crippen LogP contribution in [0.5, 0.6) is 11.5 Å². The molecule has 10 heteroatoms. The lowest BCUT2D eigenvalue weighted by Crippen LogP contribution is -2.41. The molecule has 0 N–H and O–H groups in total. The topological polar surface area (TPSA) is 90.2 Å². The van der Waals surface area contributed by atoms with Gasteiger partial charge in [0.05, 0.1) is 26.4 Å². The van der Waals surface area contributed by atoms with Gasteiger partial charge in [-0.15, -0.1) is 0 Å². The SMILES string of the molecule is COc1ccc(OC)c2c1sc(=NC(=O)C1CCCN(S(C)(=O)=O)C1)n2C. The molecule has 1 aromatic carbocycles. The Labute approximate surface area is 162 Å². The van der Waals surface area contributed by atoms with Gasteiger partial charge in [-0.25, -0.2) is 12.7 Å². The Kier molecular flexibility index (Phi) is 5.59. The van der Waals surface area contributed by atoms with Crippen molar-refractivity contribution in [3.05, 3.63) is 16.9 Å². The van der Waals surface area contributed by atoms with Crippen molar-refractivity contribution in [3.8, 4) is 11.5 Å². The summed E-state index contributed by atoms with van der Waals surface area (Å²) in [4.78, 5) is 17.5. The van der Waals surface area contributed by atoms with E-state index in [2.05, 4.69) is 4.99 Å². The largest absolute Gasteiger partial charge is 0.495 e. The molecular formula is C17H23N3O5S2. The minimum atomic E-state index is -3.31. The second-order valence-corrected chi connectivity index (χ2v) is 9.46. The molecule has 0 saturated carbocycles. The summed E-state index contributed by atoms with van der Waals surface area (Å²) in [6.45, 7) is 0.635. The van der Waals surface area contributed by atoms with E-state index < -0.39 is 15.9 Å². The summed E-state index contributed by atoms with van der Waals surface area (Å²) in [6, 6.07) is 3.62. The van der Waals surface area contributed by atoms with Crippen LogP contribution in [0.1, 0.15) is 12.8 Å². The van der Waals surface area contributed by atoms with Crippen LogP contribution in [0.25, 0.3) is 10.2 Å². The van der Waals surface area contributed by atoms with Crippen LogP contribution < -0.4 is 14.3 Å². The number of sulfonamides is 1. The van der Waals surface area contributed by atoms with E-state index in [0.29, 0.717) is 35.7 Å². The number of ether oxygens (including phenoxy) is 2. The van der Waals surface area contributed by atoms with E-state index in [1.54, 1.807) is 18.8 Å². The predicted octanol–water partition coefficient (Wildman–Crippen LogP) is 1.36. The van der Waals surface area contributed by atoms with Gasteiger partial charge in [0.15, 0.2) is 4.80 Å². The number of piperidine rings is 1. The van der Waals surface area contributed by atoms with Crippen LogP contribution in [0.2, 0.25) is 0 Å². The van der Waals surface area contributed by atoms with E-state index in [1.165, 1.54) is 21.9 Å². The maximum absolute atomic E-state index is 12.7. The van der Waals surface area contributed by atoms with Crippen molar-refractivity contribution in [2.24, 2.45) is 18.0 Å². The summed E-state index contributed by atoms with van der Waals surface area (Å²) >= 11 is 1.34. The Morgan fingerprint density at radius 2 is 1.93 bits per heavy atom. The molecule has 2 heterocycles. The third-order valence-electron chi connectivity index (χ3n) is 4.72. The highest BCUT2D eigenvalue weighted by atomic mass is 32.2. The fraction of sp³-hybridized carbons (Fsp3) is 0.529. The zero-order chi connectivity index (χ0) is 19.8. The number of aromatic nitrogens is 1. The van der Waals surface area contributed by atoms with Crippen molar-refractivity contribution in [1.29, 1.82) is 0 Å². The van der Waals surface area contributed by atoms with Crippen molar-refractivity contribution in [3.63, 3.8) is 0 Å². The monoisotopic (exact) mass is 413 g/mol. The lowest BCUT2D eigenvalue weighted by Gasteiger charge is -2.28. The third kappa shape index (κ3) is 3.87. The molecule has 2 aromatic rings. The molecule has 8 nitrogen and oxygen atoms in total. The van der Waals surface area contributed by atoms with Crippen molar-refractivity contribution < 1.29 is 22.7 Å². The van der Waals surface area contributed by atoms with Crippen molar-refractivity contribution in [2.45, 2.75) is 12.8 Å². The Bertz CT molecular complexity index is 1040. The molecule has 1 amide bonds. The molecule has 3 rings (SSSR count). The molecule has 27 heavy (non-hydrogen) atoms. The quantitative estimate of drug-likeness (QED) is 0.755. The van der Waals surface area contributed by atoms with Gasteiger partial charge in [-0.1, -0.05) is 11.3 Å². The van der Waals surface area contributed by atoms with Gasteiger partial charge in [0, 0.05) is 20.1 Å². The Morgan fingerprint density at radius 1 is 1.26 bits per heavy atom. The molecule has 0 spiro atoms. The first-order valence-corrected chi connectivity index (χ1v) is 11.2. The van der Waals surface area contributed by atoms with E-state index in [9.17, 15) is 13.2 Å². The minimum absolute atomic E-state index is 0.183. The van der Waals surface area contributed by atoms with Crippen LogP contribution in [0, 0.1) is 5.92 Å². The molecule has 0 radical (unpaired) electrons. The van der Waals surface area contributed by atoms with Crippen LogP contribution in [0.4, 0.5) is 0 Å². The normalized spacial score (nSPS) is 19.4. The molecule has 148 valence electrons. The van der Waals surface area contributed by atoms with Crippen molar-refractivity contribution in [1.82, 2.24) is 8.87 Å². The predicted molar refractivity (Wildman–Crippen MR) is 104 cm³/mol. The van der Waals surface area contributed by atoms with E-state index >= 15 is 0 Å². The molecule has 0 aliphatic carbocycles. The fourth-order valence-corrected chi connectivity index (χ4v) is 5.30. The van der Waals surface area contributed by atoms with Crippen LogP contribution in [-0.4, -0.2) is 56.8 Å². The zero-order valence-electron chi connectivity index (χ0n) is 15.8. The highest BCUT2D eigenvalue weighted by Gasteiger charge is 2.30. The van der Waals surface area contributed by atoms with E-state index in [1.807, 2.05) is 19.2 Å². The zero-order valence-corrected chi connectivity index (χ0v) is 17.4. The van der Waals surface area contributed by atoms with E-state index in [0.717, 1.165) is 10.2 Å². The first-order valence-electron chi connectivity index (χ1n) is 8.50. The summed E-state index contributed by atoms with van der Waals surface area (Å²) in [5.74, 6) is 0.617. The first-order chi connectivity index (χ1) is 12.8. The molecule has 1 aliphatic rings. The van der Waals surface area contributed by atoms with Gasteiger partial charge in [0.25, 0.3) is 5.91 Å². The number of benzene rings is 1. The molecule has 1 atom stereocenters. The lowest BCUT2D eigenvalue weighted by atomic mass is 9.99. The molecule has 1 aliphatic heterocycles. The second-order valence-electron chi connectivity index (χ2n) is 6.50. The van der Waals surface area contributed by atoms with Gasteiger partial charge in [0.2, 0.25) is 10.0 Å². The van der Waals surface area contributed by atoms with Gasteiger partial charge >= 0.3 is 0 Å². The molecule has 1 aromatic heterocycles. The molecule has 1 fully saturated rings. The first kappa shape index (κ1) is 19.8. The van der Waals surface area contributed by atoms with Gasteiger partial charge in [-0.3, -0.25) is 4.79 Å². The Hall–Kier alpha value is -1.91. The number of thiazole rings is 1. The van der Waals surface area contributed by atoms with E-state index in [4.69, 9.17) is 9.47 Å². The summed E-state index contributed by atoms with van der Waals surface area (Å²) in [5, 5.41) is 0. The van der Waals surface area contributed by atoms with Crippen LogP contribution >= 0.6 is 11.3 Å². The average Bonchev–Trinajstić information content (AvgIpc) is 2.97. The standard InChI is InChI=1S/C17H23N3O5S2/c1-19-14-12(24-2)7-8-13(25-3)15(14)26-17(19)18-16(21)11-6-5-9-20(10-11)27(4,22)23/h7-8,11H,5-6,9-10H2,1-4H3. The van der Waals surface area contributed by atoms with Gasteiger partial charge in [-0.2, -0.15) is 4.99 Å². The van der Waals surface area contributed by atoms with Crippen LogP contribution in [0.15, 0.2) is 17.1 Å². The number of hydrogen-bond donors (Lipinski definition) is 0. The fourth-order valence-electron chi connectivity index (χ4n) is 3.26. The van der Waals surface area contributed by atoms with Gasteiger partial charge in [-0.05, 0) is 25.0 Å².